The predicted molar refractivity (Wildman–Crippen MR) is 78.7 cm³/mol. The lowest BCUT2D eigenvalue weighted by Gasteiger charge is -2.33. The summed E-state index contributed by atoms with van der Waals surface area (Å²) >= 11 is 1.36. The predicted octanol–water partition coefficient (Wildman–Crippen LogP) is 1.74. The first kappa shape index (κ1) is 15.2. The Morgan fingerprint density at radius 1 is 1.50 bits per heavy atom. The van der Waals surface area contributed by atoms with Gasteiger partial charge in [-0.3, -0.25) is 4.79 Å². The lowest BCUT2D eigenvalue weighted by Crippen LogP contribution is -2.43. The van der Waals surface area contributed by atoms with Crippen molar-refractivity contribution in [2.75, 3.05) is 25.5 Å². The molecule has 1 aromatic heterocycles. The van der Waals surface area contributed by atoms with E-state index in [4.69, 9.17) is 4.74 Å². The zero-order valence-corrected chi connectivity index (χ0v) is 13.1. The van der Waals surface area contributed by atoms with Crippen LogP contribution in [0.4, 0.5) is 5.13 Å². The number of carbonyl (C=O) groups is 1. The third-order valence-corrected chi connectivity index (χ3v) is 4.05. The van der Waals surface area contributed by atoms with Gasteiger partial charge in [0.05, 0.1) is 0 Å². The monoisotopic (exact) mass is 298 g/mol. The molecule has 0 bridgehead atoms. The van der Waals surface area contributed by atoms with Crippen molar-refractivity contribution < 1.29 is 9.53 Å². The molecule has 0 spiro atoms. The number of hydrogen-bond acceptors (Lipinski definition) is 6. The highest BCUT2D eigenvalue weighted by Crippen LogP contribution is 2.19. The van der Waals surface area contributed by atoms with Gasteiger partial charge in [-0.1, -0.05) is 13.8 Å². The number of methoxy groups -OCH3 is 1. The van der Waals surface area contributed by atoms with Crippen LogP contribution in [0, 0.1) is 5.92 Å². The summed E-state index contributed by atoms with van der Waals surface area (Å²) in [6, 6.07) is 0.370. The van der Waals surface area contributed by atoms with Gasteiger partial charge in [0.25, 0.3) is 0 Å². The van der Waals surface area contributed by atoms with Gasteiger partial charge >= 0.3 is 0 Å². The van der Waals surface area contributed by atoms with Crippen LogP contribution >= 0.6 is 11.5 Å². The first-order chi connectivity index (χ1) is 9.60. The molecule has 1 N–H and O–H groups in total. The molecule has 0 unspecified atom stereocenters. The summed E-state index contributed by atoms with van der Waals surface area (Å²) in [4.78, 5) is 18.2. The maximum atomic E-state index is 11.9. The van der Waals surface area contributed by atoms with Gasteiger partial charge in [-0.2, -0.15) is 4.37 Å². The van der Waals surface area contributed by atoms with Gasteiger partial charge in [0.15, 0.2) is 5.82 Å². The van der Waals surface area contributed by atoms with E-state index < -0.39 is 0 Å². The third-order valence-electron chi connectivity index (χ3n) is 3.37. The van der Waals surface area contributed by atoms with Crippen molar-refractivity contribution in [3.05, 3.63) is 5.82 Å². The zero-order chi connectivity index (χ0) is 14.5. The standard InChI is InChI=1S/C13H22N4O2S/c1-9(2)12(18)17-6-4-10(5-7-17)14-13-15-11(8-19-3)16-20-13/h9-10H,4-8H2,1-3H3,(H,14,15,16). The molecule has 0 aliphatic carbocycles. The number of amides is 1. The number of rotatable bonds is 5. The van der Waals surface area contributed by atoms with E-state index in [0.29, 0.717) is 18.5 Å². The molecular formula is C13H22N4O2S. The largest absolute Gasteiger partial charge is 0.377 e. The fraction of sp³-hybridized carbons (Fsp3) is 0.769. The maximum Gasteiger partial charge on any atom is 0.225 e. The molecule has 1 saturated heterocycles. The highest BCUT2D eigenvalue weighted by Gasteiger charge is 2.24. The molecule has 1 amide bonds. The number of likely N-dealkylation sites (tertiary alicyclic amines) is 1. The SMILES string of the molecule is COCc1nsc(NC2CCN(C(=O)C(C)C)CC2)n1. The van der Waals surface area contributed by atoms with Crippen molar-refractivity contribution in [2.24, 2.45) is 5.92 Å². The summed E-state index contributed by atoms with van der Waals surface area (Å²) in [7, 11) is 1.63. The Morgan fingerprint density at radius 3 is 2.80 bits per heavy atom. The average molecular weight is 298 g/mol. The minimum absolute atomic E-state index is 0.0827. The van der Waals surface area contributed by atoms with Crippen molar-refractivity contribution in [3.8, 4) is 0 Å². The molecule has 0 atom stereocenters. The second kappa shape index (κ2) is 6.99. The highest BCUT2D eigenvalue weighted by molar-refractivity contribution is 7.09. The van der Waals surface area contributed by atoms with Gasteiger partial charge in [-0.25, -0.2) is 4.98 Å². The lowest BCUT2D eigenvalue weighted by atomic mass is 10.0. The maximum absolute atomic E-state index is 11.9. The number of carbonyl (C=O) groups excluding carboxylic acids is 1. The topological polar surface area (TPSA) is 67.3 Å². The van der Waals surface area contributed by atoms with E-state index in [1.54, 1.807) is 7.11 Å². The molecule has 0 radical (unpaired) electrons. The third kappa shape index (κ3) is 3.89. The molecule has 7 heteroatoms. The molecule has 0 aromatic carbocycles. The van der Waals surface area contributed by atoms with E-state index >= 15 is 0 Å². The van der Waals surface area contributed by atoms with Crippen molar-refractivity contribution in [3.63, 3.8) is 0 Å². The Balaban J connectivity index is 1.80. The molecule has 2 heterocycles. The van der Waals surface area contributed by atoms with Crippen molar-refractivity contribution in [1.82, 2.24) is 14.3 Å². The summed E-state index contributed by atoms with van der Waals surface area (Å²) in [6.07, 6.45) is 1.91. The summed E-state index contributed by atoms with van der Waals surface area (Å²) in [6.45, 7) is 5.98. The van der Waals surface area contributed by atoms with Gasteiger partial charge in [0, 0.05) is 43.7 Å². The van der Waals surface area contributed by atoms with E-state index in [0.717, 1.165) is 31.1 Å². The minimum atomic E-state index is 0.0827. The van der Waals surface area contributed by atoms with Gasteiger partial charge in [-0.15, -0.1) is 0 Å². The van der Waals surface area contributed by atoms with Crippen molar-refractivity contribution in [1.29, 1.82) is 0 Å². The number of nitrogens with zero attached hydrogens (tertiary/aromatic N) is 3. The molecule has 20 heavy (non-hydrogen) atoms. The second-order valence-electron chi connectivity index (χ2n) is 5.35. The van der Waals surface area contributed by atoms with Crippen LogP contribution < -0.4 is 5.32 Å². The van der Waals surface area contributed by atoms with Gasteiger partial charge in [0.1, 0.15) is 6.61 Å². The molecule has 0 saturated carbocycles. The van der Waals surface area contributed by atoms with Gasteiger partial charge in [0.2, 0.25) is 11.0 Å². The Hall–Kier alpha value is -1.21. The molecule has 1 aliphatic heterocycles. The van der Waals surface area contributed by atoms with Crippen LogP contribution in [0.25, 0.3) is 0 Å². The molecule has 1 aromatic rings. The summed E-state index contributed by atoms with van der Waals surface area (Å²) in [5.74, 6) is 1.05. The molecule has 6 nitrogen and oxygen atoms in total. The van der Waals surface area contributed by atoms with E-state index in [-0.39, 0.29) is 11.8 Å². The van der Waals surface area contributed by atoms with Gasteiger partial charge < -0.3 is 15.0 Å². The Bertz CT molecular complexity index is 441. The number of piperidine rings is 1. The average Bonchev–Trinajstić information content (AvgIpc) is 2.86. The van der Waals surface area contributed by atoms with Gasteiger partial charge in [-0.05, 0) is 12.8 Å². The smallest absolute Gasteiger partial charge is 0.225 e. The van der Waals surface area contributed by atoms with E-state index in [9.17, 15) is 4.79 Å². The van der Waals surface area contributed by atoms with Crippen LogP contribution in [0.3, 0.4) is 0 Å². The molecular weight excluding hydrogens is 276 g/mol. The Labute approximate surface area is 123 Å². The van der Waals surface area contributed by atoms with Crippen molar-refractivity contribution >= 4 is 22.6 Å². The first-order valence-electron chi connectivity index (χ1n) is 6.97. The van der Waals surface area contributed by atoms with E-state index in [2.05, 4.69) is 14.7 Å². The molecule has 1 aliphatic rings. The Kier molecular flexibility index (Phi) is 5.31. The molecule has 112 valence electrons. The van der Waals surface area contributed by atoms with Crippen LogP contribution in [-0.4, -0.2) is 46.4 Å². The summed E-state index contributed by atoms with van der Waals surface area (Å²) in [5, 5.41) is 4.24. The number of anilines is 1. The van der Waals surface area contributed by atoms with Crippen molar-refractivity contribution in [2.45, 2.75) is 39.3 Å². The normalized spacial score (nSPS) is 16.7. The highest BCUT2D eigenvalue weighted by atomic mass is 32.1. The van der Waals surface area contributed by atoms with Crippen LogP contribution in [-0.2, 0) is 16.1 Å². The minimum Gasteiger partial charge on any atom is -0.377 e. The fourth-order valence-electron chi connectivity index (χ4n) is 2.28. The number of aromatic nitrogens is 2. The number of nitrogens with one attached hydrogen (secondary N) is 1. The zero-order valence-electron chi connectivity index (χ0n) is 12.3. The summed E-state index contributed by atoms with van der Waals surface area (Å²) < 4.78 is 9.22. The van der Waals surface area contributed by atoms with E-state index in [1.807, 2.05) is 18.7 Å². The quantitative estimate of drug-likeness (QED) is 0.897. The summed E-state index contributed by atoms with van der Waals surface area (Å²) in [5.41, 5.74) is 0. The van der Waals surface area contributed by atoms with Crippen LogP contribution in [0.5, 0.6) is 0 Å². The van der Waals surface area contributed by atoms with Crippen LogP contribution in [0.15, 0.2) is 0 Å². The van der Waals surface area contributed by atoms with Crippen LogP contribution in [0.2, 0.25) is 0 Å². The van der Waals surface area contributed by atoms with Crippen LogP contribution in [0.1, 0.15) is 32.5 Å². The first-order valence-corrected chi connectivity index (χ1v) is 7.74. The second-order valence-corrected chi connectivity index (χ2v) is 6.10. The number of hydrogen-bond donors (Lipinski definition) is 1. The number of ether oxygens (including phenoxy) is 1. The lowest BCUT2D eigenvalue weighted by molar-refractivity contribution is -0.135. The fourth-order valence-corrected chi connectivity index (χ4v) is 2.94. The van der Waals surface area contributed by atoms with E-state index in [1.165, 1.54) is 11.5 Å². The molecule has 2 rings (SSSR count). The Morgan fingerprint density at radius 2 is 2.20 bits per heavy atom. The molecule has 1 fully saturated rings.